The van der Waals surface area contributed by atoms with E-state index >= 15 is 0 Å². The lowest BCUT2D eigenvalue weighted by molar-refractivity contribution is -0.141. The summed E-state index contributed by atoms with van der Waals surface area (Å²) in [6, 6.07) is 0.958. The molecule has 0 unspecified atom stereocenters. The molecule has 0 amide bonds. The van der Waals surface area contributed by atoms with Crippen molar-refractivity contribution in [3.8, 4) is 0 Å². The molecule has 1 aromatic heterocycles. The second-order valence-electron chi connectivity index (χ2n) is 2.29. The Labute approximate surface area is 79.3 Å². The minimum absolute atomic E-state index is 0. The maximum absolute atomic E-state index is 12.0. The Hall–Kier alpha value is -0.910. The van der Waals surface area contributed by atoms with Crippen molar-refractivity contribution in [1.82, 2.24) is 9.78 Å². The molecule has 13 heavy (non-hydrogen) atoms. The topological polar surface area (TPSA) is 29.9 Å². The van der Waals surface area contributed by atoms with E-state index in [1.54, 1.807) is 0 Å². The van der Waals surface area contributed by atoms with E-state index < -0.39 is 11.9 Å². The van der Waals surface area contributed by atoms with Gasteiger partial charge in [0.1, 0.15) is 5.82 Å². The van der Waals surface area contributed by atoms with Gasteiger partial charge in [-0.15, -0.1) is 12.4 Å². The van der Waals surface area contributed by atoms with Crippen molar-refractivity contribution < 1.29 is 13.2 Å². The lowest BCUT2D eigenvalue weighted by Crippen LogP contribution is -2.06. The molecule has 0 aliphatic rings. The Morgan fingerprint density at radius 1 is 1.46 bits per heavy atom. The first-order valence-corrected chi connectivity index (χ1v) is 3.24. The molecule has 0 bridgehead atoms. The highest BCUT2D eigenvalue weighted by atomic mass is 35.5. The highest BCUT2D eigenvalue weighted by Crippen LogP contribution is 2.29. The fraction of sp³-hybridized carbons (Fsp3) is 0.500. The van der Waals surface area contributed by atoms with E-state index in [1.165, 1.54) is 14.1 Å². The van der Waals surface area contributed by atoms with Crippen LogP contribution < -0.4 is 5.32 Å². The van der Waals surface area contributed by atoms with E-state index in [0.717, 1.165) is 10.7 Å². The normalized spacial score (nSPS) is 10.8. The first kappa shape index (κ1) is 12.1. The van der Waals surface area contributed by atoms with Crippen LogP contribution >= 0.6 is 12.4 Å². The van der Waals surface area contributed by atoms with Crippen LogP contribution in [0.4, 0.5) is 19.0 Å². The van der Waals surface area contributed by atoms with Crippen molar-refractivity contribution in [3.63, 3.8) is 0 Å². The fourth-order valence-corrected chi connectivity index (χ4v) is 0.840. The van der Waals surface area contributed by atoms with Crippen molar-refractivity contribution in [2.75, 3.05) is 12.4 Å². The van der Waals surface area contributed by atoms with Gasteiger partial charge in [-0.3, -0.25) is 4.68 Å². The third-order valence-electron chi connectivity index (χ3n) is 1.43. The summed E-state index contributed by atoms with van der Waals surface area (Å²) in [4.78, 5) is 0. The quantitative estimate of drug-likeness (QED) is 0.776. The molecule has 76 valence electrons. The van der Waals surface area contributed by atoms with Crippen LogP contribution in [-0.2, 0) is 13.2 Å². The molecule has 0 atom stereocenters. The Balaban J connectivity index is 0.00000144. The molecule has 0 aromatic carbocycles. The lowest BCUT2D eigenvalue weighted by atomic mass is 10.4. The molecule has 1 heterocycles. The van der Waals surface area contributed by atoms with E-state index in [2.05, 4.69) is 10.4 Å². The van der Waals surface area contributed by atoms with Gasteiger partial charge in [-0.1, -0.05) is 0 Å². The number of hydrogen-bond acceptors (Lipinski definition) is 2. The molecule has 1 rings (SSSR count). The van der Waals surface area contributed by atoms with Crippen LogP contribution in [0.5, 0.6) is 0 Å². The highest BCUT2D eigenvalue weighted by molar-refractivity contribution is 5.85. The molecule has 0 spiro atoms. The number of alkyl halides is 3. The summed E-state index contributed by atoms with van der Waals surface area (Å²) in [5.74, 6) is 0.335. The van der Waals surface area contributed by atoms with Crippen molar-refractivity contribution >= 4 is 18.2 Å². The van der Waals surface area contributed by atoms with E-state index in [9.17, 15) is 13.2 Å². The summed E-state index contributed by atoms with van der Waals surface area (Å²) in [5, 5.41) is 5.87. The molecule has 3 nitrogen and oxygen atoms in total. The molecule has 0 aliphatic carbocycles. The minimum Gasteiger partial charge on any atom is -0.373 e. The molecular formula is C6H9ClF3N3. The Morgan fingerprint density at radius 2 is 2.00 bits per heavy atom. The van der Waals surface area contributed by atoms with Gasteiger partial charge in [0.15, 0.2) is 5.69 Å². The van der Waals surface area contributed by atoms with Gasteiger partial charge in [0.2, 0.25) is 0 Å². The van der Waals surface area contributed by atoms with Crippen LogP contribution in [0.2, 0.25) is 0 Å². The van der Waals surface area contributed by atoms with Gasteiger partial charge in [0.05, 0.1) is 0 Å². The standard InChI is InChI=1S/C6H8F3N3.ClH/c1-10-5-3-4(6(7,8)9)11-12(5)2;/h3,10H,1-2H3;1H. The molecule has 0 radical (unpaired) electrons. The Morgan fingerprint density at radius 3 is 2.23 bits per heavy atom. The number of hydrogen-bond donors (Lipinski definition) is 1. The number of nitrogens with one attached hydrogen (secondary N) is 1. The maximum Gasteiger partial charge on any atom is 0.435 e. The number of aryl methyl sites for hydroxylation is 1. The molecule has 0 saturated carbocycles. The van der Waals surface area contributed by atoms with Gasteiger partial charge in [0, 0.05) is 20.2 Å². The van der Waals surface area contributed by atoms with Crippen molar-refractivity contribution in [2.24, 2.45) is 7.05 Å². The smallest absolute Gasteiger partial charge is 0.373 e. The third kappa shape index (κ3) is 2.51. The van der Waals surface area contributed by atoms with Crippen LogP contribution in [0.15, 0.2) is 6.07 Å². The molecular weight excluding hydrogens is 207 g/mol. The average Bonchev–Trinajstić information content (AvgIpc) is 2.29. The number of rotatable bonds is 1. The summed E-state index contributed by atoms with van der Waals surface area (Å²) in [6.07, 6.45) is -4.37. The first-order chi connectivity index (χ1) is 5.45. The largest absolute Gasteiger partial charge is 0.435 e. The van der Waals surface area contributed by atoms with Gasteiger partial charge in [-0.05, 0) is 0 Å². The van der Waals surface area contributed by atoms with Crippen LogP contribution in [0, 0.1) is 0 Å². The zero-order valence-corrected chi connectivity index (χ0v) is 7.83. The summed E-state index contributed by atoms with van der Waals surface area (Å²) in [7, 11) is 2.98. The van der Waals surface area contributed by atoms with Crippen molar-refractivity contribution in [1.29, 1.82) is 0 Å². The van der Waals surface area contributed by atoms with Crippen LogP contribution in [0.3, 0.4) is 0 Å². The lowest BCUT2D eigenvalue weighted by Gasteiger charge is -1.98. The van der Waals surface area contributed by atoms with Gasteiger partial charge >= 0.3 is 6.18 Å². The number of nitrogens with zero attached hydrogens (tertiary/aromatic N) is 2. The zero-order chi connectivity index (χ0) is 9.35. The number of halogens is 4. The second kappa shape index (κ2) is 3.87. The van der Waals surface area contributed by atoms with Crippen molar-refractivity contribution in [3.05, 3.63) is 11.8 Å². The first-order valence-electron chi connectivity index (χ1n) is 3.24. The highest BCUT2D eigenvalue weighted by Gasteiger charge is 2.34. The molecule has 1 aromatic rings. The summed E-state index contributed by atoms with van der Waals surface area (Å²) in [5.41, 5.74) is -0.880. The number of anilines is 1. The van der Waals surface area contributed by atoms with E-state index in [4.69, 9.17) is 0 Å². The average molecular weight is 216 g/mol. The van der Waals surface area contributed by atoms with E-state index in [0.29, 0.717) is 5.82 Å². The van der Waals surface area contributed by atoms with Gasteiger partial charge in [0.25, 0.3) is 0 Å². The molecule has 0 fully saturated rings. The molecule has 7 heteroatoms. The van der Waals surface area contributed by atoms with Gasteiger partial charge < -0.3 is 5.32 Å². The molecule has 0 aliphatic heterocycles. The molecule has 0 saturated heterocycles. The van der Waals surface area contributed by atoms with Crippen molar-refractivity contribution in [2.45, 2.75) is 6.18 Å². The monoisotopic (exact) mass is 215 g/mol. The van der Waals surface area contributed by atoms with Gasteiger partial charge in [-0.2, -0.15) is 18.3 Å². The molecule has 1 N–H and O–H groups in total. The van der Waals surface area contributed by atoms with Crippen LogP contribution in [0.25, 0.3) is 0 Å². The predicted octanol–water partition coefficient (Wildman–Crippen LogP) is 1.90. The zero-order valence-electron chi connectivity index (χ0n) is 7.01. The Kier molecular flexibility index (Phi) is 3.60. The fourth-order valence-electron chi connectivity index (χ4n) is 0.840. The Bertz CT molecular complexity index is 281. The summed E-state index contributed by atoms with van der Waals surface area (Å²) < 4.78 is 37.2. The second-order valence-corrected chi connectivity index (χ2v) is 2.29. The summed E-state index contributed by atoms with van der Waals surface area (Å²) in [6.45, 7) is 0. The third-order valence-corrected chi connectivity index (χ3v) is 1.43. The predicted molar refractivity (Wildman–Crippen MR) is 45.0 cm³/mol. The van der Waals surface area contributed by atoms with E-state index in [-0.39, 0.29) is 12.4 Å². The SMILES string of the molecule is CNc1cc(C(F)(F)F)nn1C.Cl. The van der Waals surface area contributed by atoms with E-state index in [1.807, 2.05) is 0 Å². The van der Waals surface area contributed by atoms with Crippen LogP contribution in [0.1, 0.15) is 5.69 Å². The maximum atomic E-state index is 12.0. The number of aromatic nitrogens is 2. The minimum atomic E-state index is -4.37. The summed E-state index contributed by atoms with van der Waals surface area (Å²) >= 11 is 0. The van der Waals surface area contributed by atoms with Crippen LogP contribution in [-0.4, -0.2) is 16.8 Å². The van der Waals surface area contributed by atoms with Gasteiger partial charge in [-0.25, -0.2) is 0 Å².